The van der Waals surface area contributed by atoms with Crippen molar-refractivity contribution in [2.75, 3.05) is 13.1 Å². The van der Waals surface area contributed by atoms with E-state index in [1.54, 1.807) is 0 Å². The number of nitrogens with zero attached hydrogens (tertiary/aromatic N) is 2. The van der Waals surface area contributed by atoms with Crippen LogP contribution in [-0.2, 0) is 13.2 Å². The highest BCUT2D eigenvalue weighted by Crippen LogP contribution is 2.38. The number of aromatic nitrogens is 1. The molecule has 1 aliphatic heterocycles. The lowest BCUT2D eigenvalue weighted by Crippen LogP contribution is -2.38. The molecule has 1 fully saturated rings. The molecule has 0 unspecified atom stereocenters. The molecule has 3 rings (SSSR count). The highest BCUT2D eigenvalue weighted by molar-refractivity contribution is 7.09. The molecular formula is C18H18F6N2O4S. The third-order valence-electron chi connectivity index (χ3n) is 4.32. The van der Waals surface area contributed by atoms with Gasteiger partial charge in [0.15, 0.2) is 11.5 Å². The summed E-state index contributed by atoms with van der Waals surface area (Å²) in [7, 11) is 0. The Morgan fingerprint density at radius 1 is 1.03 bits per heavy atom. The van der Waals surface area contributed by atoms with Gasteiger partial charge in [0.05, 0.1) is 12.3 Å². The van der Waals surface area contributed by atoms with Crippen LogP contribution in [0.2, 0.25) is 0 Å². The highest BCUT2D eigenvalue weighted by atomic mass is 32.1. The van der Waals surface area contributed by atoms with Gasteiger partial charge in [0, 0.05) is 31.1 Å². The normalized spacial score (nSPS) is 16.4. The van der Waals surface area contributed by atoms with Crippen molar-refractivity contribution in [3.63, 3.8) is 0 Å². The van der Waals surface area contributed by atoms with Crippen molar-refractivity contribution in [2.24, 2.45) is 0 Å². The molecule has 2 heterocycles. The molecule has 0 bridgehead atoms. The van der Waals surface area contributed by atoms with Gasteiger partial charge in [-0.15, -0.1) is 37.7 Å². The summed E-state index contributed by atoms with van der Waals surface area (Å²) in [5.41, 5.74) is 0.814. The Kier molecular flexibility index (Phi) is 7.17. The summed E-state index contributed by atoms with van der Waals surface area (Å²) in [4.78, 5) is 6.36. The number of hydrogen-bond donors (Lipinski definition) is 1. The molecule has 1 N–H and O–H groups in total. The number of rotatable bonds is 7. The van der Waals surface area contributed by atoms with Crippen LogP contribution >= 0.6 is 11.3 Å². The molecule has 13 heteroatoms. The molecule has 1 saturated heterocycles. The van der Waals surface area contributed by atoms with Crippen molar-refractivity contribution < 1.29 is 45.7 Å². The second-order valence-electron chi connectivity index (χ2n) is 6.69. The largest absolute Gasteiger partial charge is 0.573 e. The number of halogens is 6. The van der Waals surface area contributed by atoms with Crippen molar-refractivity contribution in [3.8, 4) is 17.2 Å². The van der Waals surface area contributed by atoms with Crippen LogP contribution in [0.1, 0.15) is 23.5 Å². The Morgan fingerprint density at radius 2 is 1.71 bits per heavy atom. The van der Waals surface area contributed by atoms with Gasteiger partial charge in [-0.1, -0.05) is 0 Å². The van der Waals surface area contributed by atoms with Crippen molar-refractivity contribution in [1.29, 1.82) is 0 Å². The summed E-state index contributed by atoms with van der Waals surface area (Å²) in [6, 6.07) is 2.31. The van der Waals surface area contributed by atoms with E-state index in [2.05, 4.69) is 19.4 Å². The first-order valence-electron chi connectivity index (χ1n) is 9.09. The Balaban J connectivity index is 1.62. The third kappa shape index (κ3) is 7.43. The van der Waals surface area contributed by atoms with Crippen LogP contribution in [0.15, 0.2) is 23.6 Å². The van der Waals surface area contributed by atoms with Crippen molar-refractivity contribution in [1.82, 2.24) is 9.88 Å². The molecule has 0 saturated carbocycles. The molecule has 1 aromatic heterocycles. The molecule has 172 valence electrons. The number of piperidine rings is 1. The molecule has 6 nitrogen and oxygen atoms in total. The van der Waals surface area contributed by atoms with Gasteiger partial charge in [0.25, 0.3) is 0 Å². The number of aliphatic hydroxyl groups excluding tert-OH is 1. The minimum absolute atomic E-state index is 0.129. The van der Waals surface area contributed by atoms with Crippen molar-refractivity contribution >= 4 is 11.3 Å². The number of alkyl halides is 6. The van der Waals surface area contributed by atoms with Gasteiger partial charge in [-0.2, -0.15) is 0 Å². The van der Waals surface area contributed by atoms with Gasteiger partial charge in [0.2, 0.25) is 0 Å². The Morgan fingerprint density at radius 3 is 2.29 bits per heavy atom. The summed E-state index contributed by atoms with van der Waals surface area (Å²) in [5, 5.41) is 11.5. The summed E-state index contributed by atoms with van der Waals surface area (Å²) in [6.45, 7) is 1.60. The van der Waals surface area contributed by atoms with Gasteiger partial charge < -0.3 is 19.3 Å². The first kappa shape index (κ1) is 23.4. The van der Waals surface area contributed by atoms with Crippen LogP contribution in [0.4, 0.5) is 26.3 Å². The second-order valence-corrected chi connectivity index (χ2v) is 7.63. The van der Waals surface area contributed by atoms with E-state index in [4.69, 9.17) is 9.84 Å². The second kappa shape index (κ2) is 9.49. The lowest BCUT2D eigenvalue weighted by molar-refractivity contribution is -0.276. The SMILES string of the molecule is OCc1nc(CN2CCC(Oc3ccc(OC(F)(F)F)cc3OC(F)(F)F)CC2)cs1. The summed E-state index contributed by atoms with van der Waals surface area (Å²) in [6.07, 6.45) is -9.63. The first-order chi connectivity index (χ1) is 14.5. The molecule has 2 aromatic rings. The van der Waals surface area contributed by atoms with E-state index in [1.807, 2.05) is 5.38 Å². The molecule has 1 aromatic carbocycles. The minimum Gasteiger partial charge on any atom is -0.486 e. The zero-order valence-corrected chi connectivity index (χ0v) is 16.7. The van der Waals surface area contributed by atoms with E-state index in [1.165, 1.54) is 11.3 Å². The quantitative estimate of drug-likeness (QED) is 0.600. The number of thiazole rings is 1. The molecule has 1 aliphatic rings. The molecule has 0 amide bonds. The van der Waals surface area contributed by atoms with Crippen molar-refractivity contribution in [2.45, 2.75) is 44.8 Å². The van der Waals surface area contributed by atoms with Gasteiger partial charge in [-0.3, -0.25) is 4.90 Å². The fourth-order valence-corrected chi connectivity index (χ4v) is 3.72. The van der Waals surface area contributed by atoms with Gasteiger partial charge in [0.1, 0.15) is 16.9 Å². The highest BCUT2D eigenvalue weighted by Gasteiger charge is 2.35. The van der Waals surface area contributed by atoms with Crippen LogP contribution in [0, 0.1) is 0 Å². The Labute approximate surface area is 177 Å². The van der Waals surface area contributed by atoms with E-state index < -0.39 is 30.3 Å². The maximum Gasteiger partial charge on any atom is 0.573 e. The van der Waals surface area contributed by atoms with Crippen LogP contribution in [-0.4, -0.2) is 46.9 Å². The zero-order chi connectivity index (χ0) is 22.6. The molecule has 31 heavy (non-hydrogen) atoms. The average Bonchev–Trinajstić information content (AvgIpc) is 3.10. The summed E-state index contributed by atoms with van der Waals surface area (Å²) < 4.78 is 88.2. The zero-order valence-electron chi connectivity index (χ0n) is 15.9. The van der Waals surface area contributed by atoms with E-state index >= 15 is 0 Å². The van der Waals surface area contributed by atoms with Crippen LogP contribution in [0.3, 0.4) is 0 Å². The predicted octanol–water partition coefficient (Wildman–Crippen LogP) is 4.48. The summed E-state index contributed by atoms with van der Waals surface area (Å²) in [5.74, 6) is -2.08. The smallest absolute Gasteiger partial charge is 0.486 e. The minimum atomic E-state index is -5.11. The van der Waals surface area contributed by atoms with Gasteiger partial charge in [-0.25, -0.2) is 4.98 Å². The average molecular weight is 472 g/mol. The van der Waals surface area contributed by atoms with E-state index in [0.29, 0.717) is 43.5 Å². The fraction of sp³-hybridized carbons (Fsp3) is 0.500. The van der Waals surface area contributed by atoms with Gasteiger partial charge >= 0.3 is 12.7 Å². The van der Waals surface area contributed by atoms with E-state index in [0.717, 1.165) is 17.8 Å². The van der Waals surface area contributed by atoms with Gasteiger partial charge in [-0.05, 0) is 25.0 Å². The standard InChI is InChI=1S/C18H18F6N2O4S/c19-17(20,21)29-13-1-2-14(15(7-13)30-18(22,23)24)28-12-3-5-26(6-4-12)8-11-10-31-16(9-27)25-11/h1-2,7,10,12,27H,3-6,8-9H2. The first-order valence-corrected chi connectivity index (χ1v) is 9.97. The molecule has 0 aliphatic carbocycles. The Hall–Kier alpha value is -2.25. The van der Waals surface area contributed by atoms with E-state index in [-0.39, 0.29) is 12.4 Å². The fourth-order valence-electron chi connectivity index (χ4n) is 3.08. The molecule has 0 spiro atoms. The monoisotopic (exact) mass is 472 g/mol. The lowest BCUT2D eigenvalue weighted by atomic mass is 10.1. The summed E-state index contributed by atoms with van der Waals surface area (Å²) >= 11 is 1.35. The topological polar surface area (TPSA) is 64.1 Å². The molecular weight excluding hydrogens is 454 g/mol. The van der Waals surface area contributed by atoms with Crippen LogP contribution in [0.5, 0.6) is 17.2 Å². The maximum atomic E-state index is 12.7. The van der Waals surface area contributed by atoms with Crippen LogP contribution < -0.4 is 14.2 Å². The van der Waals surface area contributed by atoms with E-state index in [9.17, 15) is 26.3 Å². The lowest BCUT2D eigenvalue weighted by Gasteiger charge is -2.32. The maximum absolute atomic E-state index is 12.7. The third-order valence-corrected chi connectivity index (χ3v) is 5.21. The molecule has 0 radical (unpaired) electrons. The Bertz CT molecular complexity index is 865. The molecule has 0 atom stereocenters. The number of benzene rings is 1. The number of hydrogen-bond acceptors (Lipinski definition) is 7. The number of ether oxygens (including phenoxy) is 3. The number of likely N-dealkylation sites (tertiary alicyclic amines) is 1. The van der Waals surface area contributed by atoms with Crippen molar-refractivity contribution in [3.05, 3.63) is 34.3 Å². The number of aliphatic hydroxyl groups is 1. The predicted molar refractivity (Wildman–Crippen MR) is 96.8 cm³/mol. The van der Waals surface area contributed by atoms with Crippen LogP contribution in [0.25, 0.3) is 0 Å².